The van der Waals surface area contributed by atoms with Gasteiger partial charge in [0.15, 0.2) is 5.82 Å². The van der Waals surface area contributed by atoms with Crippen LogP contribution in [0.15, 0.2) is 54.6 Å². The Hall–Kier alpha value is -4.08. The predicted molar refractivity (Wildman–Crippen MR) is 102 cm³/mol. The van der Waals surface area contributed by atoms with Crippen molar-refractivity contribution < 1.29 is 14.4 Å². The lowest BCUT2D eigenvalue weighted by atomic mass is 10.1. The molecule has 146 valence electrons. The number of rotatable bonds is 5. The van der Waals surface area contributed by atoms with Gasteiger partial charge in [0.2, 0.25) is 11.8 Å². The molecule has 2 heterocycles. The SMILES string of the molecule is O=C(CC1NC(=O)c2ccccc2NC1=O)NCc1nnnn1-c1ccccc1. The van der Waals surface area contributed by atoms with Crippen molar-refractivity contribution in [2.45, 2.75) is 19.0 Å². The first-order valence-electron chi connectivity index (χ1n) is 8.92. The summed E-state index contributed by atoms with van der Waals surface area (Å²) < 4.78 is 1.51. The van der Waals surface area contributed by atoms with Crippen molar-refractivity contribution in [1.82, 2.24) is 30.8 Å². The zero-order valence-corrected chi connectivity index (χ0v) is 15.2. The van der Waals surface area contributed by atoms with Crippen LogP contribution in [0, 0.1) is 0 Å². The van der Waals surface area contributed by atoms with E-state index < -0.39 is 23.8 Å². The number of amides is 3. The minimum absolute atomic E-state index is 0.0727. The topological polar surface area (TPSA) is 131 Å². The summed E-state index contributed by atoms with van der Waals surface area (Å²) in [4.78, 5) is 37.1. The maximum atomic E-state index is 12.4. The molecule has 0 saturated heterocycles. The molecule has 2 aromatic carbocycles. The number of para-hydroxylation sites is 2. The Kier molecular flexibility index (Phi) is 4.97. The van der Waals surface area contributed by atoms with Crippen LogP contribution in [0.2, 0.25) is 0 Å². The lowest BCUT2D eigenvalue weighted by Gasteiger charge is -2.14. The maximum absolute atomic E-state index is 12.4. The lowest BCUT2D eigenvalue weighted by molar-refractivity contribution is -0.125. The number of benzene rings is 2. The van der Waals surface area contributed by atoms with E-state index in [1.54, 1.807) is 24.3 Å². The fraction of sp³-hybridized carbons (Fsp3) is 0.158. The Labute approximate surface area is 165 Å². The highest BCUT2D eigenvalue weighted by Crippen LogP contribution is 2.18. The van der Waals surface area contributed by atoms with Crippen molar-refractivity contribution in [1.29, 1.82) is 0 Å². The molecule has 3 aromatic rings. The van der Waals surface area contributed by atoms with E-state index in [1.165, 1.54) is 4.68 Å². The van der Waals surface area contributed by atoms with E-state index in [-0.39, 0.29) is 13.0 Å². The van der Waals surface area contributed by atoms with Crippen LogP contribution in [0.4, 0.5) is 5.69 Å². The fourth-order valence-electron chi connectivity index (χ4n) is 2.98. The highest BCUT2D eigenvalue weighted by molar-refractivity contribution is 6.10. The van der Waals surface area contributed by atoms with E-state index in [0.717, 1.165) is 5.69 Å². The van der Waals surface area contributed by atoms with Crippen LogP contribution in [-0.2, 0) is 16.1 Å². The molecule has 0 fully saturated rings. The van der Waals surface area contributed by atoms with E-state index in [9.17, 15) is 14.4 Å². The van der Waals surface area contributed by atoms with Crippen LogP contribution >= 0.6 is 0 Å². The summed E-state index contributed by atoms with van der Waals surface area (Å²) in [5, 5.41) is 19.4. The minimum atomic E-state index is -0.986. The van der Waals surface area contributed by atoms with Gasteiger partial charge in [-0.2, -0.15) is 4.68 Å². The van der Waals surface area contributed by atoms with E-state index in [1.807, 2.05) is 30.3 Å². The van der Waals surface area contributed by atoms with Gasteiger partial charge in [0.05, 0.1) is 29.9 Å². The van der Waals surface area contributed by atoms with Gasteiger partial charge in [-0.05, 0) is 34.7 Å². The number of hydrogen-bond donors (Lipinski definition) is 3. The molecule has 1 aliphatic rings. The van der Waals surface area contributed by atoms with Gasteiger partial charge in [0.25, 0.3) is 5.91 Å². The van der Waals surface area contributed by atoms with Crippen molar-refractivity contribution in [3.8, 4) is 5.69 Å². The third kappa shape index (κ3) is 3.95. The first kappa shape index (κ1) is 18.3. The number of carbonyl (C=O) groups is 3. The molecule has 10 nitrogen and oxygen atoms in total. The van der Waals surface area contributed by atoms with Crippen LogP contribution in [0.1, 0.15) is 22.6 Å². The molecule has 1 atom stereocenters. The van der Waals surface area contributed by atoms with E-state index in [2.05, 4.69) is 31.5 Å². The summed E-state index contributed by atoms with van der Waals surface area (Å²) in [6.45, 7) is 0.0727. The largest absolute Gasteiger partial charge is 0.349 e. The standard InChI is InChI=1S/C19H17N7O3/c27-17(20-11-16-23-24-25-26(16)12-6-2-1-3-7-12)10-15-19(29)21-14-9-5-4-8-13(14)18(28)22-15/h1-9,15H,10-11H2,(H,20,27)(H,21,29)(H,22,28). The second kappa shape index (κ2) is 7.89. The van der Waals surface area contributed by atoms with Crippen molar-refractivity contribution in [3.05, 3.63) is 66.0 Å². The summed E-state index contributed by atoms with van der Waals surface area (Å²) in [7, 11) is 0. The molecule has 10 heteroatoms. The molecule has 29 heavy (non-hydrogen) atoms. The summed E-state index contributed by atoms with van der Waals surface area (Å²) in [5.41, 5.74) is 1.53. The summed E-state index contributed by atoms with van der Waals surface area (Å²) >= 11 is 0. The minimum Gasteiger partial charge on any atom is -0.349 e. The molecule has 1 aliphatic heterocycles. The number of nitrogens with one attached hydrogen (secondary N) is 3. The molecule has 0 radical (unpaired) electrons. The number of carbonyl (C=O) groups excluding carboxylic acids is 3. The fourth-order valence-corrected chi connectivity index (χ4v) is 2.98. The second-order valence-corrected chi connectivity index (χ2v) is 6.38. The quantitative estimate of drug-likeness (QED) is 0.578. The van der Waals surface area contributed by atoms with Gasteiger partial charge in [-0.3, -0.25) is 14.4 Å². The summed E-state index contributed by atoms with van der Waals surface area (Å²) in [6, 6.07) is 14.9. The average molecular weight is 391 g/mol. The average Bonchev–Trinajstić information content (AvgIpc) is 3.17. The monoisotopic (exact) mass is 391 g/mol. The van der Waals surface area contributed by atoms with Crippen molar-refractivity contribution in [2.24, 2.45) is 0 Å². The Bertz CT molecular complexity index is 1060. The number of anilines is 1. The molecule has 0 saturated carbocycles. The Morgan fingerprint density at radius 1 is 1.07 bits per heavy atom. The van der Waals surface area contributed by atoms with Crippen LogP contribution < -0.4 is 16.0 Å². The van der Waals surface area contributed by atoms with Crippen molar-refractivity contribution >= 4 is 23.4 Å². The second-order valence-electron chi connectivity index (χ2n) is 6.38. The van der Waals surface area contributed by atoms with Crippen molar-refractivity contribution in [2.75, 3.05) is 5.32 Å². The highest BCUT2D eigenvalue weighted by atomic mass is 16.2. The Morgan fingerprint density at radius 3 is 2.66 bits per heavy atom. The number of hydrogen-bond acceptors (Lipinski definition) is 6. The van der Waals surface area contributed by atoms with Gasteiger partial charge in [0, 0.05) is 0 Å². The zero-order valence-electron chi connectivity index (χ0n) is 15.2. The molecule has 4 rings (SSSR count). The number of fused-ring (bicyclic) bond motifs is 1. The van der Waals surface area contributed by atoms with Crippen LogP contribution in [0.25, 0.3) is 5.69 Å². The van der Waals surface area contributed by atoms with Gasteiger partial charge in [-0.1, -0.05) is 30.3 Å². The number of aromatic nitrogens is 4. The van der Waals surface area contributed by atoms with Gasteiger partial charge in [-0.15, -0.1) is 5.10 Å². The maximum Gasteiger partial charge on any atom is 0.254 e. The molecule has 1 aromatic heterocycles. The molecule has 3 N–H and O–H groups in total. The molecule has 3 amide bonds. The normalized spacial score (nSPS) is 15.7. The van der Waals surface area contributed by atoms with Gasteiger partial charge in [0.1, 0.15) is 6.04 Å². The van der Waals surface area contributed by atoms with Gasteiger partial charge < -0.3 is 16.0 Å². The number of nitrogens with zero attached hydrogens (tertiary/aromatic N) is 4. The molecule has 0 spiro atoms. The van der Waals surface area contributed by atoms with Crippen molar-refractivity contribution in [3.63, 3.8) is 0 Å². The molecular formula is C19H17N7O3. The third-order valence-electron chi connectivity index (χ3n) is 4.42. The number of tetrazole rings is 1. The van der Waals surface area contributed by atoms with E-state index >= 15 is 0 Å². The van der Waals surface area contributed by atoms with Crippen LogP contribution in [0.3, 0.4) is 0 Å². The zero-order chi connectivity index (χ0) is 20.2. The molecule has 1 unspecified atom stereocenters. The smallest absolute Gasteiger partial charge is 0.254 e. The third-order valence-corrected chi connectivity index (χ3v) is 4.42. The molecule has 0 aliphatic carbocycles. The van der Waals surface area contributed by atoms with E-state index in [0.29, 0.717) is 17.1 Å². The highest BCUT2D eigenvalue weighted by Gasteiger charge is 2.29. The first-order chi connectivity index (χ1) is 14.1. The van der Waals surface area contributed by atoms with Gasteiger partial charge in [-0.25, -0.2) is 0 Å². The van der Waals surface area contributed by atoms with Crippen LogP contribution in [-0.4, -0.2) is 44.0 Å². The Balaban J connectivity index is 1.39. The Morgan fingerprint density at radius 2 is 1.83 bits per heavy atom. The van der Waals surface area contributed by atoms with Crippen LogP contribution in [0.5, 0.6) is 0 Å². The lowest BCUT2D eigenvalue weighted by Crippen LogP contribution is -2.44. The summed E-state index contributed by atoms with van der Waals surface area (Å²) in [6.07, 6.45) is -0.210. The first-order valence-corrected chi connectivity index (χ1v) is 8.92. The molecule has 0 bridgehead atoms. The summed E-state index contributed by atoms with van der Waals surface area (Å²) in [5.74, 6) is -0.845. The van der Waals surface area contributed by atoms with E-state index in [4.69, 9.17) is 0 Å². The molecular weight excluding hydrogens is 374 g/mol. The predicted octanol–water partition coefficient (Wildman–Crippen LogP) is 0.419. The van der Waals surface area contributed by atoms with Gasteiger partial charge >= 0.3 is 0 Å².